The standard InChI is InChI=1S/C12H21NO3S/c1-17(15,16)6-5-12(14)13-8-10-3-2-4-11(7-10)9-13/h10-11H,2-9H2,1H3/t10-,11+. The van der Waals surface area contributed by atoms with E-state index in [9.17, 15) is 13.2 Å². The van der Waals surface area contributed by atoms with Gasteiger partial charge in [0.1, 0.15) is 9.84 Å². The first-order valence-electron chi connectivity index (χ1n) is 6.39. The summed E-state index contributed by atoms with van der Waals surface area (Å²) in [6.07, 6.45) is 6.35. The fourth-order valence-corrected chi connectivity index (χ4v) is 3.61. The summed E-state index contributed by atoms with van der Waals surface area (Å²) in [5.41, 5.74) is 0. The van der Waals surface area contributed by atoms with E-state index in [-0.39, 0.29) is 18.1 Å². The van der Waals surface area contributed by atoms with Crippen LogP contribution < -0.4 is 0 Å². The second-order valence-corrected chi connectivity index (χ2v) is 7.84. The molecule has 17 heavy (non-hydrogen) atoms. The number of piperidine rings is 1. The molecule has 0 spiro atoms. The molecule has 2 bridgehead atoms. The first-order chi connectivity index (χ1) is 7.94. The molecule has 2 fully saturated rings. The highest BCUT2D eigenvalue weighted by molar-refractivity contribution is 7.90. The minimum Gasteiger partial charge on any atom is -0.342 e. The molecule has 2 atom stereocenters. The van der Waals surface area contributed by atoms with Crippen molar-refractivity contribution < 1.29 is 13.2 Å². The maximum absolute atomic E-state index is 11.9. The van der Waals surface area contributed by atoms with Gasteiger partial charge in [0.15, 0.2) is 0 Å². The molecule has 0 aromatic heterocycles. The number of sulfone groups is 1. The van der Waals surface area contributed by atoms with Crippen LogP contribution in [0.5, 0.6) is 0 Å². The normalized spacial score (nSPS) is 29.1. The van der Waals surface area contributed by atoms with Crippen LogP contribution in [0.4, 0.5) is 0 Å². The zero-order chi connectivity index (χ0) is 12.5. The van der Waals surface area contributed by atoms with Gasteiger partial charge < -0.3 is 4.90 Å². The lowest BCUT2D eigenvalue weighted by atomic mass is 9.78. The van der Waals surface area contributed by atoms with Gasteiger partial charge in [0.05, 0.1) is 5.75 Å². The van der Waals surface area contributed by atoms with Gasteiger partial charge in [-0.1, -0.05) is 6.42 Å². The summed E-state index contributed by atoms with van der Waals surface area (Å²) in [6.45, 7) is 1.69. The van der Waals surface area contributed by atoms with E-state index in [1.54, 1.807) is 0 Å². The van der Waals surface area contributed by atoms with Crippen molar-refractivity contribution in [1.29, 1.82) is 0 Å². The Labute approximate surface area is 103 Å². The van der Waals surface area contributed by atoms with E-state index in [4.69, 9.17) is 0 Å². The minimum absolute atomic E-state index is 0.0162. The number of rotatable bonds is 3. The van der Waals surface area contributed by atoms with E-state index < -0.39 is 9.84 Å². The third kappa shape index (κ3) is 3.69. The number of carbonyl (C=O) groups excluding carboxylic acids is 1. The van der Waals surface area contributed by atoms with Gasteiger partial charge in [-0.05, 0) is 31.1 Å². The topological polar surface area (TPSA) is 54.5 Å². The highest BCUT2D eigenvalue weighted by Gasteiger charge is 2.32. The number of nitrogens with zero attached hydrogens (tertiary/aromatic N) is 1. The van der Waals surface area contributed by atoms with Crippen LogP contribution in [-0.2, 0) is 14.6 Å². The average molecular weight is 259 g/mol. The van der Waals surface area contributed by atoms with Gasteiger partial charge in [-0.2, -0.15) is 0 Å². The van der Waals surface area contributed by atoms with Crippen LogP contribution in [0.1, 0.15) is 32.1 Å². The third-order valence-corrected chi connectivity index (χ3v) is 4.83. The van der Waals surface area contributed by atoms with Crippen molar-refractivity contribution in [3.05, 3.63) is 0 Å². The Hall–Kier alpha value is -0.580. The molecule has 4 nitrogen and oxygen atoms in total. The first-order valence-corrected chi connectivity index (χ1v) is 8.45. The molecule has 2 rings (SSSR count). The number of carbonyl (C=O) groups is 1. The molecule has 1 heterocycles. The van der Waals surface area contributed by atoms with Crippen molar-refractivity contribution in [2.24, 2.45) is 11.8 Å². The number of likely N-dealkylation sites (tertiary alicyclic amines) is 1. The molecule has 0 aromatic rings. The Morgan fingerprint density at radius 3 is 2.35 bits per heavy atom. The molecule has 1 amide bonds. The molecule has 0 unspecified atom stereocenters. The highest BCUT2D eigenvalue weighted by atomic mass is 32.2. The van der Waals surface area contributed by atoms with Crippen molar-refractivity contribution in [2.75, 3.05) is 25.1 Å². The van der Waals surface area contributed by atoms with Gasteiger partial charge in [-0.3, -0.25) is 4.79 Å². The van der Waals surface area contributed by atoms with Crippen molar-refractivity contribution in [2.45, 2.75) is 32.1 Å². The quantitative estimate of drug-likeness (QED) is 0.762. The molecular weight excluding hydrogens is 238 g/mol. The van der Waals surface area contributed by atoms with Crippen LogP contribution >= 0.6 is 0 Å². The van der Waals surface area contributed by atoms with Crippen LogP contribution in [0.2, 0.25) is 0 Å². The molecule has 1 saturated carbocycles. The van der Waals surface area contributed by atoms with E-state index in [0.29, 0.717) is 11.8 Å². The Balaban J connectivity index is 1.87. The van der Waals surface area contributed by atoms with Crippen molar-refractivity contribution >= 4 is 15.7 Å². The van der Waals surface area contributed by atoms with Gasteiger partial charge in [-0.15, -0.1) is 0 Å². The Kier molecular flexibility index (Phi) is 3.76. The fourth-order valence-electron chi connectivity index (χ4n) is 3.07. The summed E-state index contributed by atoms with van der Waals surface area (Å²) in [6, 6.07) is 0. The van der Waals surface area contributed by atoms with Crippen molar-refractivity contribution in [3.8, 4) is 0 Å². The van der Waals surface area contributed by atoms with E-state index >= 15 is 0 Å². The Morgan fingerprint density at radius 2 is 1.82 bits per heavy atom. The molecule has 98 valence electrons. The molecule has 0 radical (unpaired) electrons. The summed E-state index contributed by atoms with van der Waals surface area (Å²) >= 11 is 0. The molecule has 5 heteroatoms. The van der Waals surface area contributed by atoms with Gasteiger partial charge in [0.2, 0.25) is 5.91 Å². The number of hydrogen-bond donors (Lipinski definition) is 0. The lowest BCUT2D eigenvalue weighted by Crippen LogP contribution is -2.46. The van der Waals surface area contributed by atoms with Crippen LogP contribution in [0, 0.1) is 11.8 Å². The number of amides is 1. The number of hydrogen-bond acceptors (Lipinski definition) is 3. The summed E-state index contributed by atoms with van der Waals surface area (Å²) < 4.78 is 22.1. The lowest BCUT2D eigenvalue weighted by Gasteiger charge is -2.41. The predicted octanol–water partition coefficient (Wildman–Crippen LogP) is 1.07. The summed E-state index contributed by atoms with van der Waals surface area (Å²) in [5, 5.41) is 0. The second kappa shape index (κ2) is 4.96. The molecule has 1 saturated heterocycles. The lowest BCUT2D eigenvalue weighted by molar-refractivity contribution is -0.134. The zero-order valence-electron chi connectivity index (χ0n) is 10.4. The third-order valence-electron chi connectivity index (χ3n) is 3.89. The monoisotopic (exact) mass is 259 g/mol. The van der Waals surface area contributed by atoms with E-state index in [1.165, 1.54) is 31.9 Å². The molecule has 0 aromatic carbocycles. The van der Waals surface area contributed by atoms with Crippen LogP contribution in [0.15, 0.2) is 0 Å². The summed E-state index contributed by atoms with van der Waals surface area (Å²) in [5.74, 6) is 1.32. The van der Waals surface area contributed by atoms with E-state index in [2.05, 4.69) is 0 Å². The molecule has 2 aliphatic rings. The van der Waals surface area contributed by atoms with Crippen LogP contribution in [0.25, 0.3) is 0 Å². The molecule has 1 aliphatic heterocycles. The largest absolute Gasteiger partial charge is 0.342 e. The van der Waals surface area contributed by atoms with Crippen LogP contribution in [0.3, 0.4) is 0 Å². The summed E-state index contributed by atoms with van der Waals surface area (Å²) in [4.78, 5) is 13.8. The highest BCUT2D eigenvalue weighted by Crippen LogP contribution is 2.34. The van der Waals surface area contributed by atoms with E-state index in [1.807, 2.05) is 4.90 Å². The maximum atomic E-state index is 11.9. The molecular formula is C12H21NO3S. The SMILES string of the molecule is CS(=O)(=O)CCC(=O)N1C[C@@H]2CCC[C@@H](C2)C1. The Bertz CT molecular complexity index is 379. The second-order valence-electron chi connectivity index (χ2n) is 5.58. The van der Waals surface area contributed by atoms with Crippen molar-refractivity contribution in [3.63, 3.8) is 0 Å². The van der Waals surface area contributed by atoms with Gasteiger partial charge in [0, 0.05) is 25.8 Å². The average Bonchev–Trinajstić information content (AvgIpc) is 2.24. The fraction of sp³-hybridized carbons (Fsp3) is 0.917. The van der Waals surface area contributed by atoms with Crippen molar-refractivity contribution in [1.82, 2.24) is 4.90 Å². The van der Waals surface area contributed by atoms with Crippen LogP contribution in [-0.4, -0.2) is 44.3 Å². The molecule has 1 aliphatic carbocycles. The van der Waals surface area contributed by atoms with Gasteiger partial charge >= 0.3 is 0 Å². The first kappa shape index (κ1) is 12.9. The van der Waals surface area contributed by atoms with Gasteiger partial charge in [0.25, 0.3) is 0 Å². The van der Waals surface area contributed by atoms with Gasteiger partial charge in [-0.25, -0.2) is 8.42 Å². The van der Waals surface area contributed by atoms with E-state index in [0.717, 1.165) is 13.1 Å². The zero-order valence-corrected chi connectivity index (χ0v) is 11.2. The smallest absolute Gasteiger partial charge is 0.223 e. The maximum Gasteiger partial charge on any atom is 0.223 e. The Morgan fingerprint density at radius 1 is 1.24 bits per heavy atom. The molecule has 0 N–H and O–H groups in total. The number of fused-ring (bicyclic) bond motifs is 2. The predicted molar refractivity (Wildman–Crippen MR) is 66.4 cm³/mol. The minimum atomic E-state index is -3.02. The summed E-state index contributed by atoms with van der Waals surface area (Å²) in [7, 11) is -3.02.